The minimum atomic E-state index is -1.05. The summed E-state index contributed by atoms with van der Waals surface area (Å²) >= 11 is 0. The first-order valence-corrected chi connectivity index (χ1v) is 7.45. The van der Waals surface area contributed by atoms with Gasteiger partial charge in [0.15, 0.2) is 12.0 Å². The Hall–Kier alpha value is -2.30. The van der Waals surface area contributed by atoms with Gasteiger partial charge in [-0.3, -0.25) is 19.7 Å². The van der Waals surface area contributed by atoms with Crippen molar-refractivity contribution in [3.63, 3.8) is 0 Å². The van der Waals surface area contributed by atoms with E-state index in [9.17, 15) is 19.7 Å². The molecule has 7 N–H and O–H groups in total. The van der Waals surface area contributed by atoms with Gasteiger partial charge >= 0.3 is 11.9 Å². The number of carboxylic acids is 1. The summed E-state index contributed by atoms with van der Waals surface area (Å²) in [6.45, 7) is -0.00463. The van der Waals surface area contributed by atoms with E-state index in [1.165, 1.54) is 38.2 Å². The van der Waals surface area contributed by atoms with Crippen LogP contribution in [0.4, 0.5) is 5.88 Å². The molecule has 1 saturated carbocycles. The Morgan fingerprint density at radius 1 is 1.42 bits per heavy atom. The molecule has 10 nitrogen and oxygen atoms in total. The molecule has 0 spiro atoms. The number of furan rings is 1. The predicted molar refractivity (Wildman–Crippen MR) is 86.5 cm³/mol. The number of hydrogen-bond acceptors (Lipinski definition) is 8. The fourth-order valence-corrected chi connectivity index (χ4v) is 1.74. The molecule has 0 unspecified atom stereocenters. The van der Waals surface area contributed by atoms with E-state index in [2.05, 4.69) is 4.42 Å². The van der Waals surface area contributed by atoms with E-state index in [1.54, 1.807) is 0 Å². The number of nitro groups is 1. The molecule has 1 atom stereocenters. The van der Waals surface area contributed by atoms with Crippen molar-refractivity contribution in [2.75, 3.05) is 6.54 Å². The van der Waals surface area contributed by atoms with Crippen molar-refractivity contribution in [2.45, 2.75) is 44.2 Å². The van der Waals surface area contributed by atoms with Crippen molar-refractivity contribution in [3.8, 4) is 0 Å². The first kappa shape index (κ1) is 21.7. The maximum Gasteiger partial charge on any atom is 0.433 e. The summed E-state index contributed by atoms with van der Waals surface area (Å²) in [6, 6.07) is 2.00. The van der Waals surface area contributed by atoms with Gasteiger partial charge in [-0.15, -0.1) is 0 Å². The van der Waals surface area contributed by atoms with Crippen LogP contribution >= 0.6 is 0 Å². The molecular formula is C14H24N4O6. The van der Waals surface area contributed by atoms with E-state index < -0.39 is 22.8 Å². The van der Waals surface area contributed by atoms with Crippen molar-refractivity contribution >= 4 is 18.1 Å². The number of hydrogen-bond donors (Lipinski definition) is 4. The smallest absolute Gasteiger partial charge is 0.433 e. The highest BCUT2D eigenvalue weighted by molar-refractivity contribution is 5.73. The second-order valence-corrected chi connectivity index (χ2v) is 5.13. The van der Waals surface area contributed by atoms with Crippen LogP contribution in [-0.2, 0) is 4.79 Å². The Morgan fingerprint density at radius 3 is 2.21 bits per heavy atom. The fraction of sp³-hybridized carbons (Fsp3) is 0.571. The normalized spacial score (nSPS) is 15.1. The van der Waals surface area contributed by atoms with Gasteiger partial charge in [0.25, 0.3) is 0 Å². The zero-order valence-corrected chi connectivity index (χ0v) is 13.3. The molecule has 1 aliphatic carbocycles. The van der Waals surface area contributed by atoms with E-state index in [0.29, 0.717) is 12.3 Å². The van der Waals surface area contributed by atoms with E-state index in [4.69, 9.17) is 22.3 Å². The third-order valence-electron chi connectivity index (χ3n) is 3.13. The highest BCUT2D eigenvalue weighted by atomic mass is 16.6. The average molecular weight is 344 g/mol. The molecule has 136 valence electrons. The van der Waals surface area contributed by atoms with E-state index in [0.717, 1.165) is 6.07 Å². The molecule has 0 aliphatic heterocycles. The third kappa shape index (κ3) is 9.66. The van der Waals surface area contributed by atoms with Crippen LogP contribution in [0.1, 0.15) is 42.7 Å². The van der Waals surface area contributed by atoms with E-state index in [-0.39, 0.29) is 12.3 Å². The highest BCUT2D eigenvalue weighted by Gasteiger charge is 2.10. The lowest BCUT2D eigenvalue weighted by molar-refractivity contribution is -0.402. The Balaban J connectivity index is 0.000000340. The number of nitrogens with zero attached hydrogens (tertiary/aromatic N) is 1. The Morgan fingerprint density at radius 2 is 2.00 bits per heavy atom. The minimum absolute atomic E-state index is 0.00463. The molecule has 0 aromatic carbocycles. The molecule has 10 heteroatoms. The van der Waals surface area contributed by atoms with Gasteiger partial charge in [-0.05, 0) is 18.9 Å². The molecule has 1 aromatic rings. The number of aliphatic carboxylic acids is 1. The second-order valence-electron chi connectivity index (χ2n) is 5.13. The van der Waals surface area contributed by atoms with Crippen molar-refractivity contribution in [1.29, 1.82) is 0 Å². The quantitative estimate of drug-likeness (QED) is 0.345. The van der Waals surface area contributed by atoms with Gasteiger partial charge in [0.2, 0.25) is 0 Å². The zero-order chi connectivity index (χ0) is 18.5. The standard InChI is InChI=1S/C6H13N.C5H3NO4.C3H8N2O2/c7-6-4-2-1-3-5-6;7-3-4-1-2-5(10-4)6(8)9;4-1-2(5)3(6)7/h6H,1-5,7H2;1-3H;2H,1,4-5H2,(H,6,7)/t;;2-/m..0/s1. The molecule has 1 aromatic heterocycles. The predicted octanol–water partition coefficient (Wildman–Crippen LogP) is 0.635. The second kappa shape index (κ2) is 12.2. The van der Waals surface area contributed by atoms with Gasteiger partial charge in [-0.25, -0.2) is 0 Å². The zero-order valence-electron chi connectivity index (χ0n) is 13.3. The van der Waals surface area contributed by atoms with Crippen molar-refractivity contribution < 1.29 is 24.0 Å². The van der Waals surface area contributed by atoms with Gasteiger partial charge in [0.1, 0.15) is 11.0 Å². The Labute approximate surface area is 139 Å². The SMILES string of the molecule is NC1CCCCC1.NC[C@H](N)C(=O)O.O=Cc1ccc([N+](=O)[O-])o1. The van der Waals surface area contributed by atoms with Gasteiger partial charge in [-0.2, -0.15) is 0 Å². The number of nitrogens with two attached hydrogens (primary N) is 3. The first-order chi connectivity index (χ1) is 11.3. The lowest BCUT2D eigenvalue weighted by atomic mass is 9.97. The average Bonchev–Trinajstić information content (AvgIpc) is 3.05. The summed E-state index contributed by atoms with van der Waals surface area (Å²) in [4.78, 5) is 28.9. The summed E-state index contributed by atoms with van der Waals surface area (Å²) < 4.78 is 4.43. The van der Waals surface area contributed by atoms with Crippen LogP contribution < -0.4 is 17.2 Å². The van der Waals surface area contributed by atoms with Crippen LogP contribution in [0.5, 0.6) is 0 Å². The number of carbonyl (C=O) groups is 2. The van der Waals surface area contributed by atoms with Gasteiger partial charge < -0.3 is 26.7 Å². The highest BCUT2D eigenvalue weighted by Crippen LogP contribution is 2.15. The molecule has 1 fully saturated rings. The van der Waals surface area contributed by atoms with Crippen LogP contribution in [0.25, 0.3) is 0 Å². The number of carbonyl (C=O) groups excluding carboxylic acids is 1. The molecule has 0 amide bonds. The third-order valence-corrected chi connectivity index (χ3v) is 3.13. The summed E-state index contributed by atoms with van der Waals surface area (Å²) in [6.07, 6.45) is 7.07. The van der Waals surface area contributed by atoms with Crippen molar-refractivity contribution in [1.82, 2.24) is 0 Å². The van der Waals surface area contributed by atoms with Crippen LogP contribution in [-0.4, -0.2) is 40.9 Å². The fourth-order valence-electron chi connectivity index (χ4n) is 1.74. The summed E-state index contributed by atoms with van der Waals surface area (Å²) in [5.74, 6) is -1.50. The Bertz CT molecular complexity index is 513. The molecule has 1 aliphatic rings. The molecule has 2 rings (SSSR count). The summed E-state index contributed by atoms with van der Waals surface area (Å²) in [5, 5.41) is 17.9. The molecule has 0 bridgehead atoms. The van der Waals surface area contributed by atoms with Crippen LogP contribution in [0, 0.1) is 10.1 Å². The molecule has 24 heavy (non-hydrogen) atoms. The monoisotopic (exact) mass is 344 g/mol. The van der Waals surface area contributed by atoms with Gasteiger partial charge in [-0.1, -0.05) is 19.3 Å². The van der Waals surface area contributed by atoms with Crippen LogP contribution in [0.2, 0.25) is 0 Å². The molecule has 1 heterocycles. The maximum atomic E-state index is 9.93. The molecule has 0 radical (unpaired) electrons. The van der Waals surface area contributed by atoms with E-state index in [1.807, 2.05) is 0 Å². The summed E-state index contributed by atoms with van der Waals surface area (Å²) in [5.41, 5.74) is 15.4. The van der Waals surface area contributed by atoms with Crippen LogP contribution in [0.15, 0.2) is 16.5 Å². The van der Waals surface area contributed by atoms with Gasteiger partial charge in [0, 0.05) is 12.6 Å². The topological polar surface area (TPSA) is 189 Å². The van der Waals surface area contributed by atoms with Crippen molar-refractivity contribution in [2.24, 2.45) is 17.2 Å². The Kier molecular flexibility index (Phi) is 11.0. The number of carboxylic acid groups (broad SMARTS) is 1. The van der Waals surface area contributed by atoms with E-state index >= 15 is 0 Å². The lowest BCUT2D eigenvalue weighted by Crippen LogP contribution is -2.37. The lowest BCUT2D eigenvalue weighted by Gasteiger charge is -2.15. The molecular weight excluding hydrogens is 320 g/mol. The minimum Gasteiger partial charge on any atom is -0.480 e. The number of rotatable bonds is 4. The van der Waals surface area contributed by atoms with Gasteiger partial charge in [0.05, 0.1) is 6.07 Å². The summed E-state index contributed by atoms with van der Waals surface area (Å²) in [7, 11) is 0. The van der Waals surface area contributed by atoms with Crippen LogP contribution in [0.3, 0.4) is 0 Å². The maximum absolute atomic E-state index is 9.93. The van der Waals surface area contributed by atoms with Crippen molar-refractivity contribution in [3.05, 3.63) is 28.0 Å². The first-order valence-electron chi connectivity index (χ1n) is 7.45. The number of aldehydes is 1. The largest absolute Gasteiger partial charge is 0.480 e. The molecule has 0 saturated heterocycles.